The third-order valence-electron chi connectivity index (χ3n) is 2.04. The molecule has 0 aliphatic rings. The van der Waals surface area contributed by atoms with Crippen LogP contribution in [0.5, 0.6) is 5.75 Å². The minimum Gasteiger partial charge on any atom is -0.550 e. The second kappa shape index (κ2) is 5.01. The van der Waals surface area contributed by atoms with Gasteiger partial charge in [0.15, 0.2) is 0 Å². The normalized spacial score (nSPS) is 11.5. The highest BCUT2D eigenvalue weighted by Gasteiger charge is 2.10. The van der Waals surface area contributed by atoms with Gasteiger partial charge in [0.2, 0.25) is 0 Å². The molecule has 0 saturated carbocycles. The van der Waals surface area contributed by atoms with Crippen molar-refractivity contribution in [3.05, 3.63) is 29.8 Å². The maximum absolute atomic E-state index is 10.4. The third kappa shape index (κ3) is 2.99. The van der Waals surface area contributed by atoms with Crippen LogP contribution in [0.2, 0.25) is 0 Å². The molecule has 0 bridgehead atoms. The zero-order valence-electron chi connectivity index (χ0n) is 8.27. The quantitative estimate of drug-likeness (QED) is 0.713. The largest absolute Gasteiger partial charge is 0.550 e. The Morgan fingerprint density at radius 1 is 1.53 bits per heavy atom. The number of benzene rings is 1. The first-order chi connectivity index (χ1) is 7.17. The van der Waals surface area contributed by atoms with Gasteiger partial charge in [-0.2, -0.15) is 5.26 Å². The summed E-state index contributed by atoms with van der Waals surface area (Å²) in [5, 5.41) is 19.2. The Hall–Kier alpha value is -2.02. The summed E-state index contributed by atoms with van der Waals surface area (Å²) in [5.41, 5.74) is 0.655. The molecule has 0 heterocycles. The van der Waals surface area contributed by atoms with Gasteiger partial charge in [0.1, 0.15) is 5.75 Å². The van der Waals surface area contributed by atoms with Gasteiger partial charge in [0.25, 0.3) is 0 Å². The minimum atomic E-state index is -1.22. The lowest BCUT2D eigenvalue weighted by Crippen LogP contribution is -2.24. The number of carbonyl (C=O) groups is 1. The molecule has 1 aromatic rings. The number of hydrogen-bond acceptors (Lipinski definition) is 4. The summed E-state index contributed by atoms with van der Waals surface area (Å²) >= 11 is 0. The van der Waals surface area contributed by atoms with Crippen molar-refractivity contribution in [3.63, 3.8) is 0 Å². The number of rotatable bonds is 4. The van der Waals surface area contributed by atoms with Crippen LogP contribution in [0.3, 0.4) is 0 Å². The number of nitrogens with zero attached hydrogens (tertiary/aromatic N) is 1. The molecule has 0 unspecified atom stereocenters. The van der Waals surface area contributed by atoms with Gasteiger partial charge in [-0.15, -0.1) is 0 Å². The number of aliphatic carboxylic acids is 1. The Morgan fingerprint density at radius 2 is 2.13 bits per heavy atom. The molecule has 0 radical (unpaired) electrons. The van der Waals surface area contributed by atoms with Crippen LogP contribution >= 0.6 is 0 Å². The summed E-state index contributed by atoms with van der Waals surface area (Å²) in [6.45, 7) is 0. The van der Waals surface area contributed by atoms with Gasteiger partial charge in [0, 0.05) is 12.4 Å². The minimum absolute atomic E-state index is 0.289. The lowest BCUT2D eigenvalue weighted by Gasteiger charge is -2.10. The predicted octanol–water partition coefficient (Wildman–Crippen LogP) is 0.442. The summed E-state index contributed by atoms with van der Waals surface area (Å²) in [6, 6.07) is 8.66. The first kappa shape index (κ1) is 11.1. The molecule has 4 nitrogen and oxygen atoms in total. The fraction of sp³-hybridized carbons (Fsp3) is 0.273. The van der Waals surface area contributed by atoms with Crippen LogP contribution in [0, 0.1) is 11.3 Å². The highest BCUT2D eigenvalue weighted by Crippen LogP contribution is 2.21. The molecule has 0 saturated heterocycles. The lowest BCUT2D eigenvalue weighted by atomic mass is 9.97. The molecule has 0 aromatic heterocycles. The van der Waals surface area contributed by atoms with Gasteiger partial charge < -0.3 is 14.6 Å². The summed E-state index contributed by atoms with van der Waals surface area (Å²) < 4.78 is 4.95. The van der Waals surface area contributed by atoms with E-state index < -0.39 is 11.9 Å². The van der Waals surface area contributed by atoms with E-state index in [1.54, 1.807) is 24.3 Å². The molecule has 1 rings (SSSR count). The van der Waals surface area contributed by atoms with Crippen LogP contribution in [0.15, 0.2) is 24.3 Å². The zero-order valence-corrected chi connectivity index (χ0v) is 8.27. The average Bonchev–Trinajstić information content (AvgIpc) is 2.26. The molecule has 0 spiro atoms. The highest BCUT2D eigenvalue weighted by atomic mass is 16.5. The van der Waals surface area contributed by atoms with E-state index in [2.05, 4.69) is 0 Å². The SMILES string of the molecule is COc1ccc([C@H](C#N)CC(=O)[O-])cc1. The highest BCUT2D eigenvalue weighted by molar-refractivity contribution is 5.66. The monoisotopic (exact) mass is 204 g/mol. The first-order valence-electron chi connectivity index (χ1n) is 4.40. The summed E-state index contributed by atoms with van der Waals surface area (Å²) in [7, 11) is 1.54. The number of methoxy groups -OCH3 is 1. The van der Waals surface area contributed by atoms with Crippen LogP contribution < -0.4 is 9.84 Å². The van der Waals surface area contributed by atoms with Crippen molar-refractivity contribution < 1.29 is 14.6 Å². The maximum Gasteiger partial charge on any atom is 0.118 e. The van der Waals surface area contributed by atoms with Crippen molar-refractivity contribution in [1.82, 2.24) is 0 Å². The van der Waals surface area contributed by atoms with E-state index in [1.165, 1.54) is 7.11 Å². The second-order valence-electron chi connectivity index (χ2n) is 3.03. The van der Waals surface area contributed by atoms with E-state index in [0.717, 1.165) is 0 Å². The van der Waals surface area contributed by atoms with Crippen molar-refractivity contribution in [2.45, 2.75) is 12.3 Å². The van der Waals surface area contributed by atoms with Crippen LogP contribution in [0.25, 0.3) is 0 Å². The number of carbonyl (C=O) groups excluding carboxylic acids is 1. The Labute approximate surface area is 87.7 Å². The predicted molar refractivity (Wildman–Crippen MR) is 51.0 cm³/mol. The van der Waals surface area contributed by atoms with Crippen molar-refractivity contribution in [2.75, 3.05) is 7.11 Å². The average molecular weight is 204 g/mol. The number of nitriles is 1. The standard InChI is InChI=1S/C11H11NO3/c1-15-10-4-2-8(3-5-10)9(7-12)6-11(13)14/h2-5,9H,6H2,1H3,(H,13,14)/p-1/t9-/m0/s1. The molecule has 15 heavy (non-hydrogen) atoms. The first-order valence-corrected chi connectivity index (χ1v) is 4.40. The van der Waals surface area contributed by atoms with Crippen LogP contribution in [0.4, 0.5) is 0 Å². The molecule has 0 aliphatic carbocycles. The van der Waals surface area contributed by atoms with Crippen LogP contribution in [-0.4, -0.2) is 13.1 Å². The van der Waals surface area contributed by atoms with Crippen molar-refractivity contribution in [1.29, 1.82) is 5.26 Å². The molecule has 1 atom stereocenters. The molecule has 0 fully saturated rings. The Morgan fingerprint density at radius 3 is 2.53 bits per heavy atom. The van der Waals surface area contributed by atoms with E-state index in [1.807, 2.05) is 6.07 Å². The van der Waals surface area contributed by atoms with Crippen LogP contribution in [0.1, 0.15) is 17.9 Å². The van der Waals surface area contributed by atoms with E-state index >= 15 is 0 Å². The molecular weight excluding hydrogens is 194 g/mol. The van der Waals surface area contributed by atoms with Crippen molar-refractivity contribution in [2.24, 2.45) is 0 Å². The number of carboxylic acids is 1. The van der Waals surface area contributed by atoms with E-state index in [4.69, 9.17) is 10.00 Å². The second-order valence-corrected chi connectivity index (χ2v) is 3.03. The smallest absolute Gasteiger partial charge is 0.118 e. The number of carboxylic acid groups (broad SMARTS) is 1. The molecule has 0 amide bonds. The van der Waals surface area contributed by atoms with Gasteiger partial charge in [-0.25, -0.2) is 0 Å². The van der Waals surface area contributed by atoms with Crippen molar-refractivity contribution >= 4 is 5.97 Å². The summed E-state index contributed by atoms with van der Waals surface area (Å²) in [6.07, 6.45) is -0.289. The third-order valence-corrected chi connectivity index (χ3v) is 2.04. The molecule has 0 N–H and O–H groups in total. The van der Waals surface area contributed by atoms with Gasteiger partial charge >= 0.3 is 0 Å². The fourth-order valence-corrected chi connectivity index (χ4v) is 1.24. The molecule has 78 valence electrons. The number of ether oxygens (including phenoxy) is 1. The summed E-state index contributed by atoms with van der Waals surface area (Å²) in [5.74, 6) is -1.22. The maximum atomic E-state index is 10.4. The lowest BCUT2D eigenvalue weighted by molar-refractivity contribution is -0.305. The van der Waals surface area contributed by atoms with E-state index in [0.29, 0.717) is 11.3 Å². The molecule has 4 heteroatoms. The summed E-state index contributed by atoms with van der Waals surface area (Å²) in [4.78, 5) is 10.4. The Balaban J connectivity index is 2.84. The van der Waals surface area contributed by atoms with Gasteiger partial charge in [0.05, 0.1) is 19.1 Å². The number of hydrogen-bond donors (Lipinski definition) is 0. The van der Waals surface area contributed by atoms with Gasteiger partial charge in [-0.1, -0.05) is 12.1 Å². The Bertz CT molecular complexity index is 378. The van der Waals surface area contributed by atoms with Gasteiger partial charge in [-0.05, 0) is 17.7 Å². The Kier molecular flexibility index (Phi) is 3.69. The van der Waals surface area contributed by atoms with Gasteiger partial charge in [-0.3, -0.25) is 0 Å². The fourth-order valence-electron chi connectivity index (χ4n) is 1.24. The molecular formula is C11H10NO3-. The van der Waals surface area contributed by atoms with Crippen LogP contribution in [-0.2, 0) is 4.79 Å². The topological polar surface area (TPSA) is 73.1 Å². The molecule has 1 aromatic carbocycles. The molecule has 0 aliphatic heterocycles. The zero-order chi connectivity index (χ0) is 11.3. The van der Waals surface area contributed by atoms with E-state index in [9.17, 15) is 9.90 Å². The van der Waals surface area contributed by atoms with E-state index in [-0.39, 0.29) is 6.42 Å². The van der Waals surface area contributed by atoms with Crippen molar-refractivity contribution in [3.8, 4) is 11.8 Å².